The number of hydrogen-bond donors (Lipinski definition) is 0. The van der Waals surface area contributed by atoms with Gasteiger partial charge in [-0.05, 0) is 12.5 Å². The molecule has 0 heterocycles. The molecule has 0 radical (unpaired) electrons. The summed E-state index contributed by atoms with van der Waals surface area (Å²) in [4.78, 5) is 0. The summed E-state index contributed by atoms with van der Waals surface area (Å²) in [7, 11) is 0. The molecule has 0 aromatic heterocycles. The van der Waals surface area contributed by atoms with E-state index in [1.807, 2.05) is 0 Å². The molecule has 7 heteroatoms. The second-order valence-electron chi connectivity index (χ2n) is 5.17. The molecule has 124 valence electrons. The number of hydrogen-bond acceptors (Lipinski definition) is 2. The molecule has 1 aromatic carbocycles. The van der Waals surface area contributed by atoms with Gasteiger partial charge < -0.3 is 0 Å². The van der Waals surface area contributed by atoms with E-state index >= 15 is 0 Å². The topological polar surface area (TPSA) is 0 Å². The van der Waals surface area contributed by atoms with E-state index in [4.69, 9.17) is 12.2 Å². The average molecular weight is 364 g/mol. The Bertz CT molecular complexity index is 683. The molecule has 3 unspecified atom stereocenters. The molecule has 23 heavy (non-hydrogen) atoms. The SMILES string of the molecule is CC(=S)SC1(C(C)c2ccccc2)C(F)=C(F)C(F)=C(F)C1F. The highest BCUT2D eigenvalue weighted by Gasteiger charge is 2.57. The summed E-state index contributed by atoms with van der Waals surface area (Å²) in [6.07, 6.45) is -2.69. The molecule has 0 nitrogen and oxygen atoms in total. The number of rotatable bonds is 3. The van der Waals surface area contributed by atoms with Crippen LogP contribution in [-0.4, -0.2) is 15.1 Å². The Balaban J connectivity index is 2.68. The number of halogens is 5. The molecular formula is C16H13F5S2. The third kappa shape index (κ3) is 2.96. The second kappa shape index (κ2) is 6.73. The fourth-order valence-electron chi connectivity index (χ4n) is 2.61. The summed E-state index contributed by atoms with van der Waals surface area (Å²) in [5.74, 6) is -8.76. The summed E-state index contributed by atoms with van der Waals surface area (Å²) >= 11 is 5.38. The fraction of sp³-hybridized carbons (Fsp3) is 0.312. The van der Waals surface area contributed by atoms with Gasteiger partial charge in [0.15, 0.2) is 29.5 Å². The van der Waals surface area contributed by atoms with Crippen LogP contribution in [0.15, 0.2) is 53.6 Å². The maximum Gasteiger partial charge on any atom is 0.196 e. The highest BCUT2D eigenvalue weighted by atomic mass is 32.2. The van der Waals surface area contributed by atoms with Gasteiger partial charge in [-0.3, -0.25) is 0 Å². The zero-order valence-corrected chi connectivity index (χ0v) is 13.9. The molecule has 0 fully saturated rings. The van der Waals surface area contributed by atoms with E-state index in [2.05, 4.69) is 0 Å². The van der Waals surface area contributed by atoms with Crippen molar-refractivity contribution in [3.8, 4) is 0 Å². The highest BCUT2D eigenvalue weighted by molar-refractivity contribution is 8.24. The Morgan fingerprint density at radius 3 is 2.22 bits per heavy atom. The van der Waals surface area contributed by atoms with Gasteiger partial charge in [0.05, 0.1) is 0 Å². The standard InChI is InChI=1S/C16H13F5S2/c1-8(10-6-4-3-5-7-10)16(23-9(2)22)14(20)12(18)11(17)13(19)15(16)21/h3-8,14H,1-2H3. The maximum atomic E-state index is 14.7. The molecule has 2 rings (SSSR count). The number of allylic oxidation sites excluding steroid dienone is 3. The first-order valence-corrected chi connectivity index (χ1v) is 7.95. The minimum atomic E-state index is -2.69. The van der Waals surface area contributed by atoms with Crippen LogP contribution >= 0.6 is 24.0 Å². The van der Waals surface area contributed by atoms with Crippen LogP contribution in [0.4, 0.5) is 22.0 Å². The Labute approximate surface area is 140 Å². The van der Waals surface area contributed by atoms with E-state index in [9.17, 15) is 22.0 Å². The van der Waals surface area contributed by atoms with Crippen molar-refractivity contribution in [2.24, 2.45) is 0 Å². The number of benzene rings is 1. The molecule has 0 spiro atoms. The van der Waals surface area contributed by atoms with Gasteiger partial charge in [-0.2, -0.15) is 0 Å². The lowest BCUT2D eigenvalue weighted by atomic mass is 9.79. The molecule has 1 aliphatic rings. The van der Waals surface area contributed by atoms with Crippen molar-refractivity contribution in [3.05, 3.63) is 59.2 Å². The van der Waals surface area contributed by atoms with Gasteiger partial charge in [0.2, 0.25) is 0 Å². The minimum Gasteiger partial charge on any atom is -0.238 e. The van der Waals surface area contributed by atoms with Gasteiger partial charge in [-0.25, -0.2) is 22.0 Å². The van der Waals surface area contributed by atoms with E-state index < -0.39 is 40.1 Å². The summed E-state index contributed by atoms with van der Waals surface area (Å²) in [5, 5.41) is 0. The lowest BCUT2D eigenvalue weighted by Crippen LogP contribution is -2.46. The van der Waals surface area contributed by atoms with Crippen molar-refractivity contribution < 1.29 is 22.0 Å². The smallest absolute Gasteiger partial charge is 0.196 e. The van der Waals surface area contributed by atoms with Crippen LogP contribution in [0.2, 0.25) is 0 Å². The molecule has 1 aliphatic carbocycles. The minimum absolute atomic E-state index is 0.0912. The average Bonchev–Trinajstić information content (AvgIpc) is 2.55. The van der Waals surface area contributed by atoms with Crippen LogP contribution in [0.1, 0.15) is 25.3 Å². The van der Waals surface area contributed by atoms with E-state index in [1.165, 1.54) is 13.8 Å². The van der Waals surface area contributed by atoms with Gasteiger partial charge in [0.1, 0.15) is 4.75 Å². The van der Waals surface area contributed by atoms with Crippen LogP contribution in [0, 0.1) is 0 Å². The van der Waals surface area contributed by atoms with Crippen molar-refractivity contribution in [2.75, 3.05) is 0 Å². The van der Waals surface area contributed by atoms with Crippen LogP contribution in [-0.2, 0) is 0 Å². The summed E-state index contributed by atoms with van der Waals surface area (Å²) in [6.45, 7) is 2.82. The number of thioether (sulfide) groups is 1. The van der Waals surface area contributed by atoms with E-state index in [-0.39, 0.29) is 4.20 Å². The van der Waals surface area contributed by atoms with Crippen molar-refractivity contribution in [1.29, 1.82) is 0 Å². The molecule has 0 saturated carbocycles. The first kappa shape index (κ1) is 18.1. The molecule has 1 aromatic rings. The summed E-state index contributed by atoms with van der Waals surface area (Å²) in [5.41, 5.74) is 0.456. The monoisotopic (exact) mass is 364 g/mol. The zero-order valence-electron chi connectivity index (χ0n) is 12.2. The third-order valence-corrected chi connectivity index (χ3v) is 5.41. The molecular weight excluding hydrogens is 351 g/mol. The molecule has 0 aliphatic heterocycles. The van der Waals surface area contributed by atoms with Gasteiger partial charge >= 0.3 is 0 Å². The van der Waals surface area contributed by atoms with Crippen LogP contribution in [0.3, 0.4) is 0 Å². The Morgan fingerprint density at radius 1 is 1.13 bits per heavy atom. The summed E-state index contributed by atoms with van der Waals surface area (Å²) in [6, 6.07) is 8.12. The molecule has 3 atom stereocenters. The second-order valence-corrected chi connectivity index (χ2v) is 7.53. The van der Waals surface area contributed by atoms with Gasteiger partial charge in [0, 0.05) is 10.1 Å². The number of alkyl halides is 1. The predicted molar refractivity (Wildman–Crippen MR) is 86.8 cm³/mol. The van der Waals surface area contributed by atoms with E-state index in [0.29, 0.717) is 17.3 Å². The van der Waals surface area contributed by atoms with Crippen LogP contribution < -0.4 is 0 Å². The first-order valence-electron chi connectivity index (χ1n) is 6.73. The largest absolute Gasteiger partial charge is 0.238 e. The van der Waals surface area contributed by atoms with Gasteiger partial charge in [0.25, 0.3) is 0 Å². The normalized spacial score (nSPS) is 26.5. The fourth-order valence-corrected chi connectivity index (χ4v) is 4.19. The van der Waals surface area contributed by atoms with Gasteiger partial charge in [-0.15, -0.1) is 11.8 Å². The molecule has 0 bridgehead atoms. The quantitative estimate of drug-likeness (QED) is 0.458. The van der Waals surface area contributed by atoms with Gasteiger partial charge in [-0.1, -0.05) is 49.5 Å². The van der Waals surface area contributed by atoms with E-state index in [0.717, 1.165) is 0 Å². The Hall–Kier alpha value is -1.21. The van der Waals surface area contributed by atoms with Crippen molar-refractivity contribution in [2.45, 2.75) is 30.7 Å². The Kier molecular flexibility index (Phi) is 5.30. The summed E-state index contributed by atoms with van der Waals surface area (Å²) < 4.78 is 68.1. The highest BCUT2D eigenvalue weighted by Crippen LogP contribution is 2.56. The maximum absolute atomic E-state index is 14.7. The first-order chi connectivity index (χ1) is 10.7. The Morgan fingerprint density at radius 2 is 1.70 bits per heavy atom. The van der Waals surface area contributed by atoms with E-state index in [1.54, 1.807) is 30.3 Å². The van der Waals surface area contributed by atoms with Crippen LogP contribution in [0.5, 0.6) is 0 Å². The predicted octanol–water partition coefficient (Wildman–Crippen LogP) is 6.26. The molecule has 0 N–H and O–H groups in total. The van der Waals surface area contributed by atoms with Crippen molar-refractivity contribution in [1.82, 2.24) is 0 Å². The molecule has 0 saturated heterocycles. The van der Waals surface area contributed by atoms with Crippen LogP contribution in [0.25, 0.3) is 0 Å². The molecule has 0 amide bonds. The zero-order chi connectivity index (χ0) is 17.4. The lowest BCUT2D eigenvalue weighted by Gasteiger charge is -2.41. The third-order valence-electron chi connectivity index (χ3n) is 3.79. The lowest BCUT2D eigenvalue weighted by molar-refractivity contribution is 0.211. The number of thiocarbonyl (C=S) groups is 1. The van der Waals surface area contributed by atoms with Crippen molar-refractivity contribution in [3.63, 3.8) is 0 Å². The van der Waals surface area contributed by atoms with Crippen molar-refractivity contribution >= 4 is 28.2 Å².